The second kappa shape index (κ2) is 7.52. The summed E-state index contributed by atoms with van der Waals surface area (Å²) in [4.78, 5) is 14.3. The number of nitrogens with one attached hydrogen (secondary N) is 1. The van der Waals surface area contributed by atoms with Gasteiger partial charge in [-0.1, -0.05) is 12.1 Å². The van der Waals surface area contributed by atoms with Gasteiger partial charge >= 0.3 is 0 Å². The van der Waals surface area contributed by atoms with Crippen LogP contribution in [-0.2, 0) is 9.53 Å². The van der Waals surface area contributed by atoms with Crippen molar-refractivity contribution in [2.24, 2.45) is 0 Å². The first-order valence-electron chi connectivity index (χ1n) is 7.08. The topological polar surface area (TPSA) is 41.6 Å². The number of ether oxygens (including phenoxy) is 1. The summed E-state index contributed by atoms with van der Waals surface area (Å²) in [6.07, 6.45) is 0. The molecule has 0 radical (unpaired) electrons. The third-order valence-corrected chi connectivity index (χ3v) is 3.06. The summed E-state index contributed by atoms with van der Waals surface area (Å²) in [7, 11) is 3.59. The molecular weight excluding hydrogens is 271 g/mol. The third kappa shape index (κ3) is 5.44. The van der Waals surface area contributed by atoms with E-state index in [0.29, 0.717) is 18.8 Å². The highest BCUT2D eigenvalue weighted by Crippen LogP contribution is 2.20. The number of hydrogen-bond donors (Lipinski definition) is 1. The van der Waals surface area contributed by atoms with Gasteiger partial charge in [-0.3, -0.25) is 9.69 Å². The Labute approximate surface area is 126 Å². The van der Waals surface area contributed by atoms with Crippen LogP contribution in [0.4, 0.5) is 4.39 Å². The van der Waals surface area contributed by atoms with Gasteiger partial charge in [0.25, 0.3) is 0 Å². The average Bonchev–Trinajstić information content (AvgIpc) is 2.35. The summed E-state index contributed by atoms with van der Waals surface area (Å²) in [6, 6.07) is 5.58. The lowest BCUT2D eigenvalue weighted by Gasteiger charge is -2.31. The highest BCUT2D eigenvalue weighted by Gasteiger charge is 2.28. The molecule has 0 heterocycles. The number of amides is 1. The Morgan fingerprint density at radius 3 is 2.62 bits per heavy atom. The maximum atomic E-state index is 13.4. The molecule has 0 bridgehead atoms. The molecule has 1 atom stereocenters. The first-order chi connectivity index (χ1) is 9.76. The Balaban J connectivity index is 2.89. The number of benzene rings is 1. The molecular formula is C16H25FN2O2. The SMILES string of the molecule is CCOCC(C)(C)NC(=O)C(c1cccc(F)c1)N(C)C. The van der Waals surface area contributed by atoms with E-state index in [1.54, 1.807) is 31.1 Å². The van der Waals surface area contributed by atoms with Gasteiger partial charge in [0.2, 0.25) is 5.91 Å². The van der Waals surface area contributed by atoms with Crippen LogP contribution >= 0.6 is 0 Å². The zero-order chi connectivity index (χ0) is 16.0. The van der Waals surface area contributed by atoms with Crippen LogP contribution in [0, 0.1) is 5.82 Å². The van der Waals surface area contributed by atoms with Crippen molar-refractivity contribution in [2.45, 2.75) is 32.4 Å². The number of carbonyl (C=O) groups is 1. The van der Waals surface area contributed by atoms with Crippen LogP contribution in [0.3, 0.4) is 0 Å². The van der Waals surface area contributed by atoms with Crippen molar-refractivity contribution in [1.82, 2.24) is 10.2 Å². The van der Waals surface area contributed by atoms with E-state index in [1.807, 2.05) is 20.8 Å². The lowest BCUT2D eigenvalue weighted by molar-refractivity contribution is -0.128. The van der Waals surface area contributed by atoms with Crippen molar-refractivity contribution in [2.75, 3.05) is 27.3 Å². The molecule has 0 aliphatic rings. The standard InChI is InChI=1S/C16H25FN2O2/c1-6-21-11-16(2,3)18-15(20)14(19(4)5)12-8-7-9-13(17)10-12/h7-10,14H,6,11H2,1-5H3,(H,18,20). The summed E-state index contributed by atoms with van der Waals surface area (Å²) in [5.74, 6) is -0.518. The Kier molecular flexibility index (Phi) is 6.30. The monoisotopic (exact) mass is 296 g/mol. The quantitative estimate of drug-likeness (QED) is 0.840. The molecule has 4 nitrogen and oxygen atoms in total. The second-order valence-corrected chi connectivity index (χ2v) is 5.93. The van der Waals surface area contributed by atoms with E-state index in [0.717, 1.165) is 0 Å². The van der Waals surface area contributed by atoms with Crippen LogP contribution in [-0.4, -0.2) is 43.7 Å². The molecule has 0 fully saturated rings. The van der Waals surface area contributed by atoms with Crippen LogP contribution in [0.2, 0.25) is 0 Å². The maximum absolute atomic E-state index is 13.4. The molecule has 0 spiro atoms. The van der Waals surface area contributed by atoms with Gasteiger partial charge in [-0.15, -0.1) is 0 Å². The average molecular weight is 296 g/mol. The van der Waals surface area contributed by atoms with E-state index in [1.165, 1.54) is 12.1 Å². The molecule has 1 aromatic carbocycles. The molecule has 0 saturated heterocycles. The van der Waals surface area contributed by atoms with Crippen LogP contribution in [0.25, 0.3) is 0 Å². The van der Waals surface area contributed by atoms with Crippen LogP contribution in [0.1, 0.15) is 32.4 Å². The van der Waals surface area contributed by atoms with Gasteiger partial charge in [-0.2, -0.15) is 0 Å². The Bertz CT molecular complexity index is 475. The summed E-state index contributed by atoms with van der Waals surface area (Å²) >= 11 is 0. The van der Waals surface area contributed by atoms with Gasteiger partial charge in [0, 0.05) is 6.61 Å². The van der Waals surface area contributed by atoms with Crippen LogP contribution in [0.5, 0.6) is 0 Å². The highest BCUT2D eigenvalue weighted by molar-refractivity contribution is 5.83. The van der Waals surface area contributed by atoms with E-state index >= 15 is 0 Å². The summed E-state index contributed by atoms with van der Waals surface area (Å²) < 4.78 is 18.8. The normalized spacial score (nSPS) is 13.3. The molecule has 0 aromatic heterocycles. The smallest absolute Gasteiger partial charge is 0.242 e. The fourth-order valence-corrected chi connectivity index (χ4v) is 2.16. The third-order valence-electron chi connectivity index (χ3n) is 3.06. The lowest BCUT2D eigenvalue weighted by atomic mass is 10.0. The van der Waals surface area contributed by atoms with Crippen molar-refractivity contribution in [3.05, 3.63) is 35.6 Å². The summed E-state index contributed by atoms with van der Waals surface area (Å²) in [6.45, 7) is 6.74. The van der Waals surface area contributed by atoms with E-state index < -0.39 is 11.6 Å². The van der Waals surface area contributed by atoms with E-state index in [-0.39, 0.29) is 11.7 Å². The molecule has 5 heteroatoms. The highest BCUT2D eigenvalue weighted by atomic mass is 19.1. The van der Waals surface area contributed by atoms with Gasteiger partial charge in [-0.25, -0.2) is 4.39 Å². The first kappa shape index (κ1) is 17.6. The largest absolute Gasteiger partial charge is 0.379 e. The van der Waals surface area contributed by atoms with E-state index in [4.69, 9.17) is 4.74 Å². The molecule has 0 saturated carbocycles. The molecule has 0 aliphatic carbocycles. The van der Waals surface area contributed by atoms with Crippen LogP contribution in [0.15, 0.2) is 24.3 Å². The van der Waals surface area contributed by atoms with E-state index in [9.17, 15) is 9.18 Å². The minimum absolute atomic E-state index is 0.171. The molecule has 0 aliphatic heterocycles. The fourth-order valence-electron chi connectivity index (χ4n) is 2.16. The number of rotatable bonds is 7. The van der Waals surface area contributed by atoms with Crippen molar-refractivity contribution < 1.29 is 13.9 Å². The van der Waals surface area contributed by atoms with Crippen molar-refractivity contribution in [3.63, 3.8) is 0 Å². The number of likely N-dealkylation sites (N-methyl/N-ethyl adjacent to an activating group) is 1. The molecule has 21 heavy (non-hydrogen) atoms. The van der Waals surface area contributed by atoms with Gasteiger partial charge in [0.15, 0.2) is 0 Å². The number of nitrogens with zero attached hydrogens (tertiary/aromatic N) is 1. The summed E-state index contributed by atoms with van der Waals surface area (Å²) in [5, 5.41) is 2.96. The fraction of sp³-hybridized carbons (Fsp3) is 0.562. The van der Waals surface area contributed by atoms with Gasteiger partial charge in [0.05, 0.1) is 12.1 Å². The number of hydrogen-bond acceptors (Lipinski definition) is 3. The predicted molar refractivity (Wildman–Crippen MR) is 81.5 cm³/mol. The zero-order valence-electron chi connectivity index (χ0n) is 13.4. The lowest BCUT2D eigenvalue weighted by Crippen LogP contribution is -2.50. The summed E-state index contributed by atoms with van der Waals surface area (Å²) in [5.41, 5.74) is 0.152. The Hall–Kier alpha value is -1.46. The van der Waals surface area contributed by atoms with Gasteiger partial charge < -0.3 is 10.1 Å². The van der Waals surface area contributed by atoms with Crippen molar-refractivity contribution in [1.29, 1.82) is 0 Å². The molecule has 118 valence electrons. The van der Waals surface area contributed by atoms with Crippen LogP contribution < -0.4 is 5.32 Å². The zero-order valence-corrected chi connectivity index (χ0v) is 13.4. The van der Waals surface area contributed by atoms with Crippen molar-refractivity contribution in [3.8, 4) is 0 Å². The number of halogens is 1. The Morgan fingerprint density at radius 2 is 2.10 bits per heavy atom. The van der Waals surface area contributed by atoms with Gasteiger partial charge in [-0.05, 0) is 52.6 Å². The number of carbonyl (C=O) groups excluding carboxylic acids is 1. The Morgan fingerprint density at radius 1 is 1.43 bits per heavy atom. The predicted octanol–water partition coefficient (Wildman–Crippen LogP) is 2.36. The van der Waals surface area contributed by atoms with E-state index in [2.05, 4.69) is 5.32 Å². The molecule has 1 N–H and O–H groups in total. The van der Waals surface area contributed by atoms with Crippen molar-refractivity contribution >= 4 is 5.91 Å². The van der Waals surface area contributed by atoms with Gasteiger partial charge in [0.1, 0.15) is 11.9 Å². The molecule has 1 unspecified atom stereocenters. The first-order valence-corrected chi connectivity index (χ1v) is 7.08. The molecule has 1 aromatic rings. The maximum Gasteiger partial charge on any atom is 0.242 e. The molecule has 1 rings (SSSR count). The molecule has 1 amide bonds. The minimum atomic E-state index is -0.540. The second-order valence-electron chi connectivity index (χ2n) is 5.93. The minimum Gasteiger partial charge on any atom is -0.379 e.